The summed E-state index contributed by atoms with van der Waals surface area (Å²) in [7, 11) is 1.57. The molecule has 1 unspecified atom stereocenters. The van der Waals surface area contributed by atoms with Gasteiger partial charge in [-0.3, -0.25) is 19.0 Å². The molecular formula is C20H26N4O4. The van der Waals surface area contributed by atoms with Crippen molar-refractivity contribution in [2.24, 2.45) is 11.8 Å². The number of methoxy groups -OCH3 is 1. The molecule has 1 atom stereocenters. The predicted molar refractivity (Wildman–Crippen MR) is 106 cm³/mol. The van der Waals surface area contributed by atoms with E-state index in [9.17, 15) is 14.4 Å². The van der Waals surface area contributed by atoms with Crippen molar-refractivity contribution < 1.29 is 14.3 Å². The van der Waals surface area contributed by atoms with Gasteiger partial charge in [0, 0.05) is 32.3 Å². The first-order chi connectivity index (χ1) is 13.4. The monoisotopic (exact) mass is 386 g/mol. The number of carbonyl (C=O) groups excluding carboxylic acids is 2. The SMILES string of the molecule is COCCn1cnc2ccc(NC(=O)C3CC(=O)N(CC(C)C)C3)cc2c1=O. The molecule has 0 saturated carbocycles. The van der Waals surface area contributed by atoms with Gasteiger partial charge in [0.1, 0.15) is 0 Å². The van der Waals surface area contributed by atoms with Gasteiger partial charge in [0.2, 0.25) is 11.8 Å². The summed E-state index contributed by atoms with van der Waals surface area (Å²) in [6.45, 7) is 6.00. The number of fused-ring (bicyclic) bond motifs is 1. The van der Waals surface area contributed by atoms with Gasteiger partial charge >= 0.3 is 0 Å². The van der Waals surface area contributed by atoms with Gasteiger partial charge < -0.3 is 15.0 Å². The third-order valence-electron chi connectivity index (χ3n) is 4.80. The second-order valence-corrected chi connectivity index (χ2v) is 7.55. The molecule has 1 saturated heterocycles. The minimum Gasteiger partial charge on any atom is -0.383 e. The number of anilines is 1. The highest BCUT2D eigenvalue weighted by Gasteiger charge is 2.34. The Morgan fingerprint density at radius 2 is 2.14 bits per heavy atom. The number of nitrogens with zero attached hydrogens (tertiary/aromatic N) is 3. The average Bonchev–Trinajstić information content (AvgIpc) is 3.01. The summed E-state index contributed by atoms with van der Waals surface area (Å²) in [5.41, 5.74) is 0.906. The highest BCUT2D eigenvalue weighted by atomic mass is 16.5. The molecule has 1 fully saturated rings. The summed E-state index contributed by atoms with van der Waals surface area (Å²) < 4.78 is 6.49. The molecule has 2 aromatic rings. The van der Waals surface area contributed by atoms with Crippen molar-refractivity contribution in [3.05, 3.63) is 34.9 Å². The minimum atomic E-state index is -0.380. The van der Waals surface area contributed by atoms with Gasteiger partial charge in [-0.2, -0.15) is 0 Å². The van der Waals surface area contributed by atoms with E-state index >= 15 is 0 Å². The Balaban J connectivity index is 1.75. The smallest absolute Gasteiger partial charge is 0.261 e. The molecule has 1 aliphatic heterocycles. The quantitative estimate of drug-likeness (QED) is 0.778. The molecule has 0 spiro atoms. The molecule has 1 N–H and O–H groups in total. The minimum absolute atomic E-state index is 0.0117. The summed E-state index contributed by atoms with van der Waals surface area (Å²) in [5.74, 6) is -0.214. The number of rotatable bonds is 7. The van der Waals surface area contributed by atoms with Crippen LogP contribution in [0.5, 0.6) is 0 Å². The molecule has 8 heteroatoms. The van der Waals surface area contributed by atoms with Gasteiger partial charge in [-0.1, -0.05) is 13.8 Å². The zero-order valence-electron chi connectivity index (χ0n) is 16.5. The third kappa shape index (κ3) is 4.39. The van der Waals surface area contributed by atoms with Gasteiger partial charge in [0.25, 0.3) is 5.56 Å². The van der Waals surface area contributed by atoms with Crippen LogP contribution < -0.4 is 10.9 Å². The van der Waals surface area contributed by atoms with Crippen LogP contribution in [0.1, 0.15) is 20.3 Å². The van der Waals surface area contributed by atoms with Gasteiger partial charge in [0.15, 0.2) is 0 Å². The van der Waals surface area contributed by atoms with Gasteiger partial charge in [-0.05, 0) is 24.1 Å². The molecule has 3 rings (SSSR count). The van der Waals surface area contributed by atoms with Crippen molar-refractivity contribution in [3.63, 3.8) is 0 Å². The standard InChI is InChI=1S/C20H26N4O4/c1-13(2)10-24-11-14(8-18(24)25)19(26)22-15-4-5-17-16(9-15)20(27)23(12-21-17)6-7-28-3/h4-5,9,12-14H,6-8,10-11H2,1-3H3,(H,22,26). The molecule has 0 aliphatic carbocycles. The zero-order valence-corrected chi connectivity index (χ0v) is 16.5. The Bertz CT molecular complexity index is 937. The maximum Gasteiger partial charge on any atom is 0.261 e. The molecule has 2 amide bonds. The second-order valence-electron chi connectivity index (χ2n) is 7.55. The van der Waals surface area contributed by atoms with Gasteiger partial charge in [0.05, 0.1) is 36.3 Å². The first kappa shape index (κ1) is 20.0. The largest absolute Gasteiger partial charge is 0.383 e. The van der Waals surface area contributed by atoms with E-state index in [0.29, 0.717) is 48.7 Å². The Kier molecular flexibility index (Phi) is 6.08. The lowest BCUT2D eigenvalue weighted by atomic mass is 10.1. The topological polar surface area (TPSA) is 93.5 Å². The zero-order chi connectivity index (χ0) is 20.3. The fourth-order valence-electron chi connectivity index (χ4n) is 3.39. The van der Waals surface area contributed by atoms with Crippen LogP contribution in [0, 0.1) is 11.8 Å². The van der Waals surface area contributed by atoms with E-state index in [2.05, 4.69) is 10.3 Å². The number of hydrogen-bond acceptors (Lipinski definition) is 5. The summed E-state index contributed by atoms with van der Waals surface area (Å²) in [5, 5.41) is 3.27. The Morgan fingerprint density at radius 3 is 2.86 bits per heavy atom. The fourth-order valence-corrected chi connectivity index (χ4v) is 3.39. The molecule has 1 aliphatic rings. The molecule has 1 aromatic carbocycles. The van der Waals surface area contributed by atoms with Gasteiger partial charge in [-0.15, -0.1) is 0 Å². The maximum atomic E-state index is 12.6. The Morgan fingerprint density at radius 1 is 1.36 bits per heavy atom. The number of aromatic nitrogens is 2. The van der Waals surface area contributed by atoms with Crippen molar-refractivity contribution in [1.82, 2.24) is 14.5 Å². The van der Waals surface area contributed by atoms with Crippen LogP contribution in [0.3, 0.4) is 0 Å². The number of nitrogens with one attached hydrogen (secondary N) is 1. The van der Waals surface area contributed by atoms with Crippen molar-refractivity contribution in [1.29, 1.82) is 0 Å². The van der Waals surface area contributed by atoms with E-state index < -0.39 is 0 Å². The van der Waals surface area contributed by atoms with Crippen LogP contribution in [-0.4, -0.2) is 53.1 Å². The van der Waals surface area contributed by atoms with Crippen molar-refractivity contribution in [3.8, 4) is 0 Å². The lowest BCUT2D eigenvalue weighted by molar-refractivity contribution is -0.128. The number of benzene rings is 1. The third-order valence-corrected chi connectivity index (χ3v) is 4.80. The lowest BCUT2D eigenvalue weighted by Gasteiger charge is -2.18. The van der Waals surface area contributed by atoms with Crippen molar-refractivity contribution in [2.75, 3.05) is 32.1 Å². The first-order valence-corrected chi connectivity index (χ1v) is 9.45. The second kappa shape index (κ2) is 8.52. The molecule has 1 aromatic heterocycles. The molecule has 150 valence electrons. The van der Waals surface area contributed by atoms with Crippen LogP contribution in [0.4, 0.5) is 5.69 Å². The maximum absolute atomic E-state index is 12.6. The number of amides is 2. The van der Waals surface area contributed by atoms with Gasteiger partial charge in [-0.25, -0.2) is 4.98 Å². The summed E-state index contributed by atoms with van der Waals surface area (Å²) in [6, 6.07) is 5.06. The Labute approximate surface area is 163 Å². The van der Waals surface area contributed by atoms with E-state index in [-0.39, 0.29) is 29.7 Å². The van der Waals surface area contributed by atoms with E-state index in [4.69, 9.17) is 4.74 Å². The molecule has 0 radical (unpaired) electrons. The number of hydrogen-bond donors (Lipinski definition) is 1. The summed E-state index contributed by atoms with van der Waals surface area (Å²) >= 11 is 0. The number of carbonyl (C=O) groups is 2. The molecule has 28 heavy (non-hydrogen) atoms. The fraction of sp³-hybridized carbons (Fsp3) is 0.500. The van der Waals surface area contributed by atoms with Crippen LogP contribution in [-0.2, 0) is 20.9 Å². The highest BCUT2D eigenvalue weighted by molar-refractivity contribution is 5.98. The van der Waals surface area contributed by atoms with Crippen LogP contribution in [0.2, 0.25) is 0 Å². The highest BCUT2D eigenvalue weighted by Crippen LogP contribution is 2.22. The normalized spacial score (nSPS) is 16.9. The number of ether oxygens (including phenoxy) is 1. The summed E-state index contributed by atoms with van der Waals surface area (Å²) in [4.78, 5) is 43.4. The van der Waals surface area contributed by atoms with Crippen molar-refractivity contribution in [2.45, 2.75) is 26.8 Å². The average molecular weight is 386 g/mol. The molecule has 0 bridgehead atoms. The first-order valence-electron chi connectivity index (χ1n) is 9.45. The van der Waals surface area contributed by atoms with Crippen LogP contribution in [0.25, 0.3) is 10.9 Å². The van der Waals surface area contributed by atoms with E-state index in [0.717, 1.165) is 0 Å². The lowest BCUT2D eigenvalue weighted by Crippen LogP contribution is -2.31. The molecular weight excluding hydrogens is 360 g/mol. The Hall–Kier alpha value is -2.74. The van der Waals surface area contributed by atoms with Crippen LogP contribution >= 0.6 is 0 Å². The van der Waals surface area contributed by atoms with E-state index in [1.54, 1.807) is 30.2 Å². The van der Waals surface area contributed by atoms with Crippen LogP contribution in [0.15, 0.2) is 29.3 Å². The predicted octanol–water partition coefficient (Wildman–Crippen LogP) is 1.49. The van der Waals surface area contributed by atoms with E-state index in [1.165, 1.54) is 10.9 Å². The van der Waals surface area contributed by atoms with Crippen molar-refractivity contribution >= 4 is 28.4 Å². The molecule has 8 nitrogen and oxygen atoms in total. The number of likely N-dealkylation sites (tertiary alicyclic amines) is 1. The van der Waals surface area contributed by atoms with E-state index in [1.807, 2.05) is 13.8 Å². The summed E-state index contributed by atoms with van der Waals surface area (Å²) in [6.07, 6.45) is 1.72. The molecule has 2 heterocycles.